The van der Waals surface area contributed by atoms with Gasteiger partial charge in [0, 0.05) is 32.5 Å². The van der Waals surface area contributed by atoms with Crippen LogP contribution in [0.25, 0.3) is 0 Å². The van der Waals surface area contributed by atoms with Crippen molar-refractivity contribution in [3.05, 3.63) is 12.3 Å². The Kier molecular flexibility index (Phi) is 6.32. The molecule has 2 N–H and O–H groups in total. The van der Waals surface area contributed by atoms with Crippen LogP contribution in [-0.2, 0) is 4.74 Å². The number of rotatable bonds is 8. The van der Waals surface area contributed by atoms with E-state index in [4.69, 9.17) is 4.74 Å². The number of ether oxygens (including phenoxy) is 1. The van der Waals surface area contributed by atoms with Gasteiger partial charge in [0.2, 0.25) is 5.95 Å². The van der Waals surface area contributed by atoms with Gasteiger partial charge in [0.25, 0.3) is 0 Å². The summed E-state index contributed by atoms with van der Waals surface area (Å²) in [6, 6.07) is 2.30. The maximum absolute atomic E-state index is 4.98. The van der Waals surface area contributed by atoms with Gasteiger partial charge in [-0.1, -0.05) is 6.92 Å². The van der Waals surface area contributed by atoms with Crippen LogP contribution in [0, 0.1) is 0 Å². The van der Waals surface area contributed by atoms with Crippen molar-refractivity contribution in [3.63, 3.8) is 0 Å². The lowest BCUT2D eigenvalue weighted by molar-refractivity contribution is 0.197. The quantitative estimate of drug-likeness (QED) is 0.679. The first kappa shape index (κ1) is 13.7. The molecular weight excluding hydrogens is 216 g/mol. The Morgan fingerprint density at radius 3 is 3.00 bits per heavy atom. The molecule has 0 aromatic carbocycles. The molecule has 0 bridgehead atoms. The van der Waals surface area contributed by atoms with Crippen molar-refractivity contribution in [2.75, 3.05) is 30.9 Å². The minimum atomic E-state index is 0.422. The lowest BCUT2D eigenvalue weighted by atomic mass is 10.2. The Bertz CT molecular complexity index is 319. The van der Waals surface area contributed by atoms with Gasteiger partial charge in [-0.15, -0.1) is 0 Å². The SMILES string of the molecule is CCC(C)Nc1ccnc(NCCCOC)n1. The van der Waals surface area contributed by atoms with Crippen LogP contribution >= 0.6 is 0 Å². The molecule has 1 aromatic heterocycles. The first-order valence-electron chi connectivity index (χ1n) is 6.08. The van der Waals surface area contributed by atoms with Crippen molar-refractivity contribution >= 4 is 11.8 Å². The van der Waals surface area contributed by atoms with Gasteiger partial charge < -0.3 is 15.4 Å². The van der Waals surface area contributed by atoms with Gasteiger partial charge in [0.15, 0.2) is 0 Å². The summed E-state index contributed by atoms with van der Waals surface area (Å²) in [5.41, 5.74) is 0. The molecule has 0 aliphatic rings. The molecule has 0 aliphatic carbocycles. The molecule has 0 aliphatic heterocycles. The largest absolute Gasteiger partial charge is 0.385 e. The maximum Gasteiger partial charge on any atom is 0.224 e. The van der Waals surface area contributed by atoms with Gasteiger partial charge in [-0.25, -0.2) is 4.98 Å². The molecule has 96 valence electrons. The third kappa shape index (κ3) is 5.49. The molecule has 5 nitrogen and oxygen atoms in total. The van der Waals surface area contributed by atoms with Crippen LogP contribution in [-0.4, -0.2) is 36.3 Å². The van der Waals surface area contributed by atoms with Crippen LogP contribution < -0.4 is 10.6 Å². The predicted octanol–water partition coefficient (Wildman–Crippen LogP) is 2.14. The van der Waals surface area contributed by atoms with E-state index in [0.29, 0.717) is 12.0 Å². The Hall–Kier alpha value is -1.36. The number of hydrogen-bond donors (Lipinski definition) is 2. The summed E-state index contributed by atoms with van der Waals surface area (Å²) < 4.78 is 4.98. The first-order valence-corrected chi connectivity index (χ1v) is 6.08. The number of hydrogen-bond acceptors (Lipinski definition) is 5. The Labute approximate surface area is 103 Å². The van der Waals surface area contributed by atoms with Crippen molar-refractivity contribution in [2.45, 2.75) is 32.7 Å². The van der Waals surface area contributed by atoms with Crippen LogP contribution in [0.5, 0.6) is 0 Å². The summed E-state index contributed by atoms with van der Waals surface area (Å²) in [7, 11) is 1.70. The van der Waals surface area contributed by atoms with E-state index in [0.717, 1.165) is 31.8 Å². The van der Waals surface area contributed by atoms with Gasteiger partial charge >= 0.3 is 0 Å². The lowest BCUT2D eigenvalue weighted by Crippen LogP contribution is -2.15. The van der Waals surface area contributed by atoms with E-state index in [1.54, 1.807) is 13.3 Å². The average Bonchev–Trinajstić information content (AvgIpc) is 2.35. The molecular formula is C12H22N4O. The fourth-order valence-corrected chi connectivity index (χ4v) is 1.30. The third-order valence-corrected chi connectivity index (χ3v) is 2.47. The highest BCUT2D eigenvalue weighted by Gasteiger charge is 2.01. The standard InChI is InChI=1S/C12H22N4O/c1-4-10(2)15-11-6-8-14-12(16-11)13-7-5-9-17-3/h6,8,10H,4-5,7,9H2,1-3H3,(H2,13,14,15,16). The smallest absolute Gasteiger partial charge is 0.224 e. The molecule has 0 radical (unpaired) electrons. The molecule has 0 saturated carbocycles. The zero-order valence-corrected chi connectivity index (χ0v) is 10.9. The molecule has 1 unspecified atom stereocenters. The lowest BCUT2D eigenvalue weighted by Gasteiger charge is -2.12. The van der Waals surface area contributed by atoms with Crippen LogP contribution in [0.3, 0.4) is 0 Å². The highest BCUT2D eigenvalue weighted by molar-refractivity contribution is 5.40. The number of nitrogens with one attached hydrogen (secondary N) is 2. The van der Waals surface area contributed by atoms with Crippen molar-refractivity contribution in [2.24, 2.45) is 0 Å². The highest BCUT2D eigenvalue weighted by Crippen LogP contribution is 2.08. The monoisotopic (exact) mass is 238 g/mol. The number of anilines is 2. The molecule has 0 amide bonds. The van der Waals surface area contributed by atoms with Gasteiger partial charge in [-0.2, -0.15) is 4.98 Å². The summed E-state index contributed by atoms with van der Waals surface area (Å²) in [6.07, 6.45) is 3.78. The minimum absolute atomic E-state index is 0.422. The normalized spacial score (nSPS) is 12.2. The molecule has 0 saturated heterocycles. The highest BCUT2D eigenvalue weighted by atomic mass is 16.5. The fraction of sp³-hybridized carbons (Fsp3) is 0.667. The van der Waals surface area contributed by atoms with Crippen molar-refractivity contribution < 1.29 is 4.74 Å². The van der Waals surface area contributed by atoms with E-state index in [1.807, 2.05) is 6.07 Å². The van der Waals surface area contributed by atoms with Gasteiger partial charge in [0.1, 0.15) is 5.82 Å². The number of methoxy groups -OCH3 is 1. The van der Waals surface area contributed by atoms with Gasteiger partial charge in [0.05, 0.1) is 0 Å². The summed E-state index contributed by atoms with van der Waals surface area (Å²) in [4.78, 5) is 8.55. The third-order valence-electron chi connectivity index (χ3n) is 2.47. The van der Waals surface area contributed by atoms with Crippen molar-refractivity contribution in [1.82, 2.24) is 9.97 Å². The Morgan fingerprint density at radius 2 is 2.29 bits per heavy atom. The van der Waals surface area contributed by atoms with Crippen LogP contribution in [0.15, 0.2) is 12.3 Å². The molecule has 1 rings (SSSR count). The van der Waals surface area contributed by atoms with E-state index in [2.05, 4.69) is 34.4 Å². The maximum atomic E-state index is 4.98. The molecule has 5 heteroatoms. The van der Waals surface area contributed by atoms with E-state index >= 15 is 0 Å². The zero-order chi connectivity index (χ0) is 12.5. The molecule has 0 fully saturated rings. The molecule has 1 aromatic rings. The van der Waals surface area contributed by atoms with Crippen LogP contribution in [0.2, 0.25) is 0 Å². The second-order valence-electron chi connectivity index (χ2n) is 3.99. The minimum Gasteiger partial charge on any atom is -0.385 e. The first-order chi connectivity index (χ1) is 8.26. The number of aromatic nitrogens is 2. The second-order valence-corrected chi connectivity index (χ2v) is 3.99. The summed E-state index contributed by atoms with van der Waals surface area (Å²) in [6.45, 7) is 5.84. The topological polar surface area (TPSA) is 59.1 Å². The second kappa shape index (κ2) is 7.84. The summed E-state index contributed by atoms with van der Waals surface area (Å²) in [5.74, 6) is 1.53. The van der Waals surface area contributed by atoms with Crippen LogP contribution in [0.1, 0.15) is 26.7 Å². The van der Waals surface area contributed by atoms with E-state index in [9.17, 15) is 0 Å². The van der Waals surface area contributed by atoms with E-state index in [-0.39, 0.29) is 0 Å². The number of nitrogens with zero attached hydrogens (tertiary/aromatic N) is 2. The molecule has 17 heavy (non-hydrogen) atoms. The fourth-order valence-electron chi connectivity index (χ4n) is 1.30. The van der Waals surface area contributed by atoms with E-state index in [1.165, 1.54) is 0 Å². The Balaban J connectivity index is 2.42. The van der Waals surface area contributed by atoms with Gasteiger partial charge in [-0.05, 0) is 25.8 Å². The van der Waals surface area contributed by atoms with E-state index < -0.39 is 0 Å². The summed E-state index contributed by atoms with van der Waals surface area (Å²) >= 11 is 0. The summed E-state index contributed by atoms with van der Waals surface area (Å²) in [5, 5.41) is 6.49. The van der Waals surface area contributed by atoms with Crippen molar-refractivity contribution in [3.8, 4) is 0 Å². The van der Waals surface area contributed by atoms with Gasteiger partial charge in [-0.3, -0.25) is 0 Å². The average molecular weight is 238 g/mol. The van der Waals surface area contributed by atoms with Crippen LogP contribution in [0.4, 0.5) is 11.8 Å². The molecule has 1 atom stereocenters. The predicted molar refractivity (Wildman–Crippen MR) is 70.4 cm³/mol. The molecule has 1 heterocycles. The molecule has 0 spiro atoms. The zero-order valence-electron chi connectivity index (χ0n) is 10.9. The van der Waals surface area contributed by atoms with Crippen molar-refractivity contribution in [1.29, 1.82) is 0 Å². The Morgan fingerprint density at radius 1 is 1.47 bits per heavy atom.